The highest BCUT2D eigenvalue weighted by molar-refractivity contribution is 7.47. The van der Waals surface area contributed by atoms with Gasteiger partial charge < -0.3 is 24.2 Å². The topological polar surface area (TPSA) is 155 Å². The Morgan fingerprint density at radius 1 is 0.341 bits per heavy atom. The van der Waals surface area contributed by atoms with E-state index in [-0.39, 0.29) is 25.9 Å². The molecule has 0 aliphatic heterocycles. The summed E-state index contributed by atoms with van der Waals surface area (Å²) in [6.07, 6.45) is 83.1. The van der Waals surface area contributed by atoms with Gasteiger partial charge >= 0.3 is 25.7 Å². The van der Waals surface area contributed by atoms with Crippen molar-refractivity contribution >= 4 is 25.7 Å². The molecule has 0 bridgehead atoms. The van der Waals surface area contributed by atoms with Crippen molar-refractivity contribution in [2.24, 2.45) is 0 Å². The number of hydrogen-bond donors (Lipinski definition) is 2. The first-order chi connectivity index (χ1) is 40.2. The van der Waals surface area contributed by atoms with Gasteiger partial charge in [-0.05, 0) is 141 Å². The minimum absolute atomic E-state index is 0.105. The van der Waals surface area contributed by atoms with Crippen LogP contribution in [0.15, 0.2) is 170 Å². The third-order valence-electron chi connectivity index (χ3n) is 12.1. The summed E-state index contributed by atoms with van der Waals surface area (Å²) < 4.78 is 39.5. The van der Waals surface area contributed by atoms with E-state index >= 15 is 0 Å². The molecule has 0 spiro atoms. The van der Waals surface area contributed by atoms with E-state index in [0.717, 1.165) is 148 Å². The van der Waals surface area contributed by atoms with E-state index < -0.39 is 57.8 Å². The van der Waals surface area contributed by atoms with Crippen molar-refractivity contribution in [3.05, 3.63) is 170 Å². The third-order valence-corrected chi connectivity index (χ3v) is 13.1. The van der Waals surface area contributed by atoms with E-state index in [2.05, 4.69) is 185 Å². The Kier molecular flexibility index (Phi) is 58.0. The summed E-state index contributed by atoms with van der Waals surface area (Å²) >= 11 is 0. The monoisotopic (exact) mass is 1160 g/mol. The number of ether oxygens (including phenoxy) is 3. The van der Waals surface area contributed by atoms with Gasteiger partial charge in [0, 0.05) is 19.3 Å². The number of aliphatic hydroxyl groups excluding tert-OH is 1. The number of aliphatic hydroxyl groups is 1. The van der Waals surface area contributed by atoms with E-state index in [1.54, 1.807) is 0 Å². The molecule has 3 atom stereocenters. The highest BCUT2D eigenvalue weighted by Gasteiger charge is 2.28. The lowest BCUT2D eigenvalue weighted by molar-refractivity contribution is -0.161. The van der Waals surface area contributed by atoms with Crippen LogP contribution in [0.25, 0.3) is 0 Å². The van der Waals surface area contributed by atoms with Crippen molar-refractivity contribution in [1.29, 1.82) is 0 Å². The number of phosphoric ester groups is 1. The molecular weight excluding hydrogens is 1050 g/mol. The second-order valence-corrected chi connectivity index (χ2v) is 21.2. The van der Waals surface area contributed by atoms with Crippen LogP contribution in [0.1, 0.15) is 213 Å². The first kappa shape index (κ1) is 76.8. The zero-order chi connectivity index (χ0) is 59.8. The fourth-order valence-corrected chi connectivity index (χ4v) is 8.31. The van der Waals surface area contributed by atoms with Crippen LogP contribution in [0.5, 0.6) is 0 Å². The van der Waals surface area contributed by atoms with E-state index in [4.69, 9.17) is 23.3 Å². The van der Waals surface area contributed by atoms with Crippen LogP contribution in [0.2, 0.25) is 0 Å². The molecule has 0 aromatic heterocycles. The average Bonchev–Trinajstić information content (AvgIpc) is 3.50. The SMILES string of the molecule is CC/C=C\C/C=C\C/C=C\C/C=C\C/C=C\CCCCCC(=O)OC(COC(=O)CCC/C=C\C/C=C\C/C=C\C/C=C\C/C=C\CC)COP(=O)(O)OCC(CO)OC(=O)CCCCCCCC/C=C\C/C=C\C/C=C\C/C=C\CC. The Morgan fingerprint density at radius 2 is 0.610 bits per heavy atom. The minimum Gasteiger partial charge on any atom is -0.462 e. The Bertz CT molecular complexity index is 2030. The second-order valence-electron chi connectivity index (χ2n) is 19.7. The van der Waals surface area contributed by atoms with Crippen LogP contribution in [0.4, 0.5) is 0 Å². The minimum atomic E-state index is -4.79. The van der Waals surface area contributed by atoms with Crippen LogP contribution in [0, 0.1) is 0 Å². The number of esters is 3. The fraction of sp³-hybridized carbons (Fsp3) is 0.557. The van der Waals surface area contributed by atoms with Crippen LogP contribution < -0.4 is 0 Å². The Morgan fingerprint density at radius 3 is 0.963 bits per heavy atom. The molecule has 0 aromatic carbocycles. The molecule has 82 heavy (non-hydrogen) atoms. The van der Waals surface area contributed by atoms with E-state index in [1.807, 2.05) is 6.08 Å². The average molecular weight is 1160 g/mol. The number of carbonyl (C=O) groups excluding carboxylic acids is 3. The van der Waals surface area contributed by atoms with Crippen molar-refractivity contribution in [3.63, 3.8) is 0 Å². The zero-order valence-electron chi connectivity index (χ0n) is 50.9. The quantitative estimate of drug-likeness (QED) is 0.0197. The zero-order valence-corrected chi connectivity index (χ0v) is 51.8. The molecule has 0 aliphatic rings. The maximum Gasteiger partial charge on any atom is 0.472 e. The van der Waals surface area contributed by atoms with Gasteiger partial charge in [0.05, 0.1) is 19.8 Å². The van der Waals surface area contributed by atoms with Crippen molar-refractivity contribution in [2.75, 3.05) is 26.4 Å². The van der Waals surface area contributed by atoms with Crippen LogP contribution in [0.3, 0.4) is 0 Å². The summed E-state index contributed by atoms with van der Waals surface area (Å²) in [5.41, 5.74) is 0. The first-order valence-electron chi connectivity index (χ1n) is 31.0. The van der Waals surface area contributed by atoms with Crippen LogP contribution in [-0.4, -0.2) is 66.5 Å². The first-order valence-corrected chi connectivity index (χ1v) is 32.5. The number of hydrogen-bond acceptors (Lipinski definition) is 10. The molecule has 0 radical (unpaired) electrons. The van der Waals surface area contributed by atoms with Crippen molar-refractivity contribution in [3.8, 4) is 0 Å². The van der Waals surface area contributed by atoms with Crippen molar-refractivity contribution in [1.82, 2.24) is 0 Å². The molecule has 0 saturated heterocycles. The molecule has 0 rings (SSSR count). The number of allylic oxidation sites excluding steroid dienone is 28. The van der Waals surface area contributed by atoms with Gasteiger partial charge in [-0.25, -0.2) is 4.57 Å². The smallest absolute Gasteiger partial charge is 0.462 e. The number of carbonyl (C=O) groups is 3. The molecule has 460 valence electrons. The molecule has 2 N–H and O–H groups in total. The number of phosphoric acid groups is 1. The molecule has 0 fully saturated rings. The fourth-order valence-electron chi connectivity index (χ4n) is 7.53. The summed E-state index contributed by atoms with van der Waals surface area (Å²) in [5, 5.41) is 9.85. The maximum absolute atomic E-state index is 13.0. The van der Waals surface area contributed by atoms with E-state index in [1.165, 1.54) is 0 Å². The van der Waals surface area contributed by atoms with Crippen molar-refractivity contribution < 1.29 is 52.2 Å². The van der Waals surface area contributed by atoms with E-state index in [0.29, 0.717) is 25.7 Å². The number of rotatable bonds is 55. The van der Waals surface area contributed by atoms with E-state index in [9.17, 15) is 28.9 Å². The van der Waals surface area contributed by atoms with Gasteiger partial charge in [-0.3, -0.25) is 23.4 Å². The van der Waals surface area contributed by atoms with Gasteiger partial charge in [0.1, 0.15) is 12.7 Å². The Labute approximate surface area is 497 Å². The predicted molar refractivity (Wildman–Crippen MR) is 343 cm³/mol. The molecule has 3 unspecified atom stereocenters. The van der Waals surface area contributed by atoms with Gasteiger partial charge in [-0.15, -0.1) is 0 Å². The van der Waals surface area contributed by atoms with Crippen LogP contribution in [-0.2, 0) is 42.2 Å². The third kappa shape index (κ3) is 59.5. The second kappa shape index (κ2) is 61.9. The Hall–Kier alpha value is -5.16. The highest BCUT2D eigenvalue weighted by Crippen LogP contribution is 2.43. The van der Waals surface area contributed by atoms with Gasteiger partial charge in [0.25, 0.3) is 0 Å². The lowest BCUT2D eigenvalue weighted by Gasteiger charge is -2.21. The molecular formula is C70H109O11P. The largest absolute Gasteiger partial charge is 0.472 e. The highest BCUT2D eigenvalue weighted by atomic mass is 31.2. The summed E-state index contributed by atoms with van der Waals surface area (Å²) in [6.45, 7) is 4.17. The van der Waals surface area contributed by atoms with Gasteiger partial charge in [-0.2, -0.15) is 0 Å². The molecule has 0 heterocycles. The van der Waals surface area contributed by atoms with Crippen LogP contribution >= 0.6 is 7.82 Å². The molecule has 0 aliphatic carbocycles. The molecule has 0 aromatic rings. The molecule has 0 amide bonds. The summed E-state index contributed by atoms with van der Waals surface area (Å²) in [7, 11) is -4.79. The van der Waals surface area contributed by atoms with Gasteiger partial charge in [0.2, 0.25) is 0 Å². The summed E-state index contributed by atoms with van der Waals surface area (Å²) in [6, 6.07) is 0. The lowest BCUT2D eigenvalue weighted by atomic mass is 10.1. The summed E-state index contributed by atoms with van der Waals surface area (Å²) in [4.78, 5) is 48.7. The normalized spacial score (nSPS) is 14.5. The van der Waals surface area contributed by atoms with Gasteiger partial charge in [0.15, 0.2) is 6.10 Å². The lowest BCUT2D eigenvalue weighted by Crippen LogP contribution is -2.30. The maximum atomic E-state index is 13.0. The molecule has 11 nitrogen and oxygen atoms in total. The standard InChI is InChI=1S/C70H109O11P/c1-4-7-10-13-16-19-22-25-28-31-33-36-39-42-45-48-51-54-57-60-69(73)80-66(62-71)64-78-82(75,76)79-65-67(63-77-68(72)59-56-53-50-47-44-41-38-35-30-27-24-21-18-15-12-9-6-3)81-70(74)61-58-55-52-49-46-43-40-37-34-32-29-26-23-20-17-14-11-8-5-2/h7-12,16-21,25-30,33-34,36-38,41,43,46-47,50,66-67,71H,4-6,13-15,22-24,31-32,35,39-40,42,44-45,48-49,51-65H2,1-3H3,(H,75,76)/b10-7-,11-8-,12-9-,19-16-,20-17-,21-18-,28-25-,29-26-,30-27-,36-33-,37-34-,41-38-,46-43-,50-47-. The number of unbranched alkanes of at least 4 members (excludes halogenated alkanes) is 10. The summed E-state index contributed by atoms with van der Waals surface area (Å²) in [5.74, 6) is -1.61. The van der Waals surface area contributed by atoms with Gasteiger partial charge in [-0.1, -0.05) is 223 Å². The predicted octanol–water partition coefficient (Wildman–Crippen LogP) is 19.0. The Balaban J connectivity index is 4.87. The molecule has 0 saturated carbocycles. The molecule has 12 heteroatoms. The van der Waals surface area contributed by atoms with Crippen molar-refractivity contribution in [2.45, 2.75) is 226 Å².